The summed E-state index contributed by atoms with van der Waals surface area (Å²) >= 11 is 0. The number of fused-ring (bicyclic) bond motifs is 2. The van der Waals surface area contributed by atoms with Crippen molar-refractivity contribution >= 4 is 23.7 Å². The fraction of sp³-hybridized carbons (Fsp3) is 0.419. The lowest BCUT2D eigenvalue weighted by atomic mass is 9.99. The van der Waals surface area contributed by atoms with Gasteiger partial charge in [0.05, 0.1) is 18.6 Å². The lowest BCUT2D eigenvalue weighted by molar-refractivity contribution is -0.142. The molecule has 2 aromatic carbocycles. The minimum absolute atomic E-state index is 0.127. The number of benzene rings is 2. The smallest absolute Gasteiger partial charge is 0.410 e. The Morgan fingerprint density at radius 3 is 2.40 bits per heavy atom. The number of rotatable bonds is 5. The van der Waals surface area contributed by atoms with Crippen LogP contribution in [-0.4, -0.2) is 74.2 Å². The fourth-order valence-corrected chi connectivity index (χ4v) is 6.03. The van der Waals surface area contributed by atoms with Gasteiger partial charge in [-0.15, -0.1) is 0 Å². The van der Waals surface area contributed by atoms with Crippen LogP contribution in [0.15, 0.2) is 42.7 Å². The number of halogens is 1. The first-order valence-corrected chi connectivity index (χ1v) is 14.2. The molecule has 1 N–H and O–H groups in total. The van der Waals surface area contributed by atoms with Crippen LogP contribution in [0, 0.1) is 5.82 Å². The number of nitrogens with zero attached hydrogens (tertiary/aromatic N) is 5. The molecule has 42 heavy (non-hydrogen) atoms. The molecule has 0 radical (unpaired) electrons. The summed E-state index contributed by atoms with van der Waals surface area (Å²) in [5, 5.41) is 10.1. The van der Waals surface area contributed by atoms with Crippen molar-refractivity contribution in [1.82, 2.24) is 19.4 Å². The number of carbonyl (C=O) groups is 3. The molecule has 1 fully saturated rings. The average molecular weight is 576 g/mol. The predicted octanol–water partition coefficient (Wildman–Crippen LogP) is 4.47. The molecular weight excluding hydrogens is 541 g/mol. The molecule has 0 aliphatic carbocycles. The minimum Gasteiger partial charge on any atom is -0.479 e. The predicted molar refractivity (Wildman–Crippen MR) is 153 cm³/mol. The molecule has 0 bridgehead atoms. The molecule has 11 heteroatoms. The largest absolute Gasteiger partial charge is 0.479 e. The van der Waals surface area contributed by atoms with Gasteiger partial charge in [-0.05, 0) is 69.0 Å². The van der Waals surface area contributed by atoms with Crippen molar-refractivity contribution in [3.8, 4) is 11.1 Å². The second-order valence-electron chi connectivity index (χ2n) is 12.0. The minimum atomic E-state index is -1.28. The number of ether oxygens (including phenoxy) is 1. The third kappa shape index (κ3) is 5.08. The van der Waals surface area contributed by atoms with Crippen LogP contribution in [0.2, 0.25) is 0 Å². The highest BCUT2D eigenvalue weighted by Gasteiger charge is 2.42. The van der Waals surface area contributed by atoms with Crippen molar-refractivity contribution in [2.24, 2.45) is 0 Å². The monoisotopic (exact) mass is 575 g/mol. The standard InChI is InChI=1S/C31H34FN5O5/c1-31(2,3)42-30(41)35-13-11-34(12-14-35)21-8-6-19(7-9-21)20-15-22-23(24(32)16-20)17-37(28(22)38)27(29(39)40)26-25-5-4-10-36(25)18-33-26/h6-9,15-16,18,27H,4-5,10-14,17H2,1-3H3,(H,39,40). The maximum Gasteiger partial charge on any atom is 0.410 e. The molecular formula is C31H34FN5O5. The normalized spacial score (nSPS) is 17.3. The summed E-state index contributed by atoms with van der Waals surface area (Å²) in [6.07, 6.45) is 2.89. The lowest BCUT2D eigenvalue weighted by Crippen LogP contribution is -2.50. The maximum absolute atomic E-state index is 15.4. The van der Waals surface area contributed by atoms with Gasteiger partial charge >= 0.3 is 12.1 Å². The van der Waals surface area contributed by atoms with Gasteiger partial charge in [-0.1, -0.05) is 12.1 Å². The fourth-order valence-electron chi connectivity index (χ4n) is 6.03. The van der Waals surface area contributed by atoms with Gasteiger partial charge < -0.3 is 29.1 Å². The van der Waals surface area contributed by atoms with Crippen molar-refractivity contribution in [3.05, 3.63) is 71.1 Å². The summed E-state index contributed by atoms with van der Waals surface area (Å²) in [4.78, 5) is 47.7. The van der Waals surface area contributed by atoms with Crippen LogP contribution in [0.4, 0.5) is 14.9 Å². The SMILES string of the molecule is CC(C)(C)OC(=O)N1CCN(c2ccc(-c3cc(F)c4c(c3)C(=O)N(C(C(=O)O)c3ncn5c3CCC5)C4)cc2)CC1. The summed E-state index contributed by atoms with van der Waals surface area (Å²) in [6, 6.07) is 9.40. The van der Waals surface area contributed by atoms with Crippen molar-refractivity contribution in [2.45, 2.75) is 58.3 Å². The number of aliphatic carboxylic acids is 1. The Balaban J connectivity index is 1.18. The third-order valence-electron chi connectivity index (χ3n) is 8.11. The Morgan fingerprint density at radius 2 is 1.74 bits per heavy atom. The van der Waals surface area contributed by atoms with Gasteiger partial charge in [-0.3, -0.25) is 4.79 Å². The molecule has 3 aliphatic heterocycles. The number of hydrogen-bond donors (Lipinski definition) is 1. The van der Waals surface area contributed by atoms with Crippen LogP contribution in [0.1, 0.15) is 60.5 Å². The highest BCUT2D eigenvalue weighted by atomic mass is 19.1. The van der Waals surface area contributed by atoms with Crippen LogP contribution in [0.25, 0.3) is 11.1 Å². The number of piperazine rings is 1. The Hall–Kier alpha value is -4.41. The zero-order valence-corrected chi connectivity index (χ0v) is 24.0. The number of carbonyl (C=O) groups excluding carboxylic acids is 2. The van der Waals surface area contributed by atoms with E-state index >= 15 is 4.39 Å². The molecule has 1 aromatic heterocycles. The van der Waals surface area contributed by atoms with E-state index in [0.29, 0.717) is 43.9 Å². The topological polar surface area (TPSA) is 108 Å². The first-order valence-electron chi connectivity index (χ1n) is 14.2. The molecule has 10 nitrogen and oxygen atoms in total. The molecule has 3 aromatic rings. The van der Waals surface area contributed by atoms with Crippen LogP contribution in [0.5, 0.6) is 0 Å². The number of aromatic nitrogens is 2. The number of imidazole rings is 1. The number of anilines is 1. The van der Waals surface area contributed by atoms with E-state index in [-0.39, 0.29) is 23.8 Å². The van der Waals surface area contributed by atoms with E-state index in [1.165, 1.54) is 11.0 Å². The second kappa shape index (κ2) is 10.5. The van der Waals surface area contributed by atoms with Gasteiger partial charge in [0.15, 0.2) is 6.04 Å². The van der Waals surface area contributed by atoms with Crippen LogP contribution in [0.3, 0.4) is 0 Å². The second-order valence-corrected chi connectivity index (χ2v) is 12.0. The quantitative estimate of drug-likeness (QED) is 0.478. The molecule has 1 unspecified atom stereocenters. The summed E-state index contributed by atoms with van der Waals surface area (Å²) in [6.45, 7) is 8.58. The van der Waals surface area contributed by atoms with E-state index < -0.39 is 29.3 Å². The Morgan fingerprint density at radius 1 is 1.02 bits per heavy atom. The summed E-state index contributed by atoms with van der Waals surface area (Å²) in [7, 11) is 0. The average Bonchev–Trinajstić information content (AvgIpc) is 3.65. The van der Waals surface area contributed by atoms with Gasteiger partial charge in [0.25, 0.3) is 5.91 Å². The molecule has 3 aliphatic rings. The summed E-state index contributed by atoms with van der Waals surface area (Å²) in [5.41, 5.74) is 3.26. The number of aryl methyl sites for hydroxylation is 1. The van der Waals surface area contributed by atoms with Crippen molar-refractivity contribution in [1.29, 1.82) is 0 Å². The number of amides is 2. The van der Waals surface area contributed by atoms with Crippen LogP contribution < -0.4 is 4.90 Å². The summed E-state index contributed by atoms with van der Waals surface area (Å²) < 4.78 is 22.8. The highest BCUT2D eigenvalue weighted by Crippen LogP contribution is 2.37. The molecule has 0 saturated carbocycles. The first-order chi connectivity index (χ1) is 20.0. The zero-order valence-electron chi connectivity index (χ0n) is 24.0. The zero-order chi connectivity index (χ0) is 29.8. The van der Waals surface area contributed by atoms with E-state index in [9.17, 15) is 19.5 Å². The van der Waals surface area contributed by atoms with Gasteiger partial charge in [-0.2, -0.15) is 0 Å². The van der Waals surface area contributed by atoms with Crippen LogP contribution in [-0.2, 0) is 29.0 Å². The van der Waals surface area contributed by atoms with E-state index in [1.807, 2.05) is 49.6 Å². The first kappa shape index (κ1) is 27.7. The molecule has 1 atom stereocenters. The van der Waals surface area contributed by atoms with Gasteiger partial charge in [-0.25, -0.2) is 19.0 Å². The molecule has 4 heterocycles. The third-order valence-corrected chi connectivity index (χ3v) is 8.11. The Kier molecular flexibility index (Phi) is 6.90. The van der Waals surface area contributed by atoms with Crippen molar-refractivity contribution in [3.63, 3.8) is 0 Å². The summed E-state index contributed by atoms with van der Waals surface area (Å²) in [5.74, 6) is -2.25. The lowest BCUT2D eigenvalue weighted by Gasteiger charge is -2.36. The van der Waals surface area contributed by atoms with Crippen LogP contribution >= 0.6 is 0 Å². The molecule has 0 spiro atoms. The van der Waals surface area contributed by atoms with E-state index in [2.05, 4.69) is 9.88 Å². The molecule has 2 amide bonds. The number of carboxylic acid groups (broad SMARTS) is 1. The van der Waals surface area contributed by atoms with Gasteiger partial charge in [0.1, 0.15) is 11.4 Å². The van der Waals surface area contributed by atoms with E-state index in [1.54, 1.807) is 17.3 Å². The highest BCUT2D eigenvalue weighted by molar-refractivity contribution is 6.01. The van der Waals surface area contributed by atoms with Gasteiger partial charge in [0.2, 0.25) is 0 Å². The molecule has 1 saturated heterocycles. The molecule has 6 rings (SSSR count). The van der Waals surface area contributed by atoms with Crippen molar-refractivity contribution < 1.29 is 28.6 Å². The van der Waals surface area contributed by atoms with E-state index in [0.717, 1.165) is 29.9 Å². The Bertz CT molecular complexity index is 1550. The maximum atomic E-state index is 15.4. The number of carboxylic acids is 1. The van der Waals surface area contributed by atoms with Gasteiger partial charge in [0, 0.05) is 55.2 Å². The van der Waals surface area contributed by atoms with Crippen molar-refractivity contribution in [2.75, 3.05) is 31.1 Å². The number of hydrogen-bond acceptors (Lipinski definition) is 6. The van der Waals surface area contributed by atoms with E-state index in [4.69, 9.17) is 4.74 Å². The molecule has 220 valence electrons. The Labute approximate surface area is 243 Å².